The quantitative estimate of drug-likeness (QED) is 0.468. The molecule has 0 saturated heterocycles. The molecule has 6 heteroatoms. The van der Waals surface area contributed by atoms with E-state index in [4.69, 9.17) is 10.3 Å². The van der Waals surface area contributed by atoms with Gasteiger partial charge in [-0.1, -0.05) is 11.6 Å². The standard InChI is InChI=1S/C13H22N4O.HI/c1-9-12(10(2)18-17-9)6-7-15-13(14)16-8-11-4-3-5-11;/h11H,3-8H2,1-2H3,(H3,14,15,16);1H. The molecule has 19 heavy (non-hydrogen) atoms. The Morgan fingerprint density at radius 1 is 1.47 bits per heavy atom. The molecule has 1 fully saturated rings. The lowest BCUT2D eigenvalue weighted by atomic mass is 9.86. The summed E-state index contributed by atoms with van der Waals surface area (Å²) >= 11 is 0. The third-order valence-corrected chi connectivity index (χ3v) is 3.61. The number of aromatic nitrogens is 1. The van der Waals surface area contributed by atoms with E-state index in [1.807, 2.05) is 13.8 Å². The van der Waals surface area contributed by atoms with Crippen LogP contribution in [0, 0.1) is 19.8 Å². The maximum Gasteiger partial charge on any atom is 0.188 e. The SMILES string of the molecule is Cc1noc(C)c1CCNC(N)=NCC1CCC1.I. The van der Waals surface area contributed by atoms with Crippen LogP contribution in [0.15, 0.2) is 9.52 Å². The minimum absolute atomic E-state index is 0. The lowest BCUT2D eigenvalue weighted by Gasteiger charge is -2.23. The molecule has 1 aliphatic rings. The second-order valence-electron chi connectivity index (χ2n) is 5.00. The van der Waals surface area contributed by atoms with Crippen LogP contribution in [0.25, 0.3) is 0 Å². The van der Waals surface area contributed by atoms with Crippen LogP contribution in [0.3, 0.4) is 0 Å². The average molecular weight is 378 g/mol. The van der Waals surface area contributed by atoms with Gasteiger partial charge in [-0.15, -0.1) is 24.0 Å². The summed E-state index contributed by atoms with van der Waals surface area (Å²) in [6.45, 7) is 5.52. The molecule has 1 saturated carbocycles. The third-order valence-electron chi connectivity index (χ3n) is 3.61. The Hall–Kier alpha value is -0.790. The van der Waals surface area contributed by atoms with Gasteiger partial charge in [0.2, 0.25) is 0 Å². The molecule has 1 aromatic rings. The summed E-state index contributed by atoms with van der Waals surface area (Å²) in [4.78, 5) is 4.35. The number of nitrogens with zero attached hydrogens (tertiary/aromatic N) is 2. The Morgan fingerprint density at radius 2 is 2.21 bits per heavy atom. The minimum Gasteiger partial charge on any atom is -0.370 e. The molecule has 1 aromatic heterocycles. The van der Waals surface area contributed by atoms with Crippen LogP contribution in [-0.4, -0.2) is 24.2 Å². The van der Waals surface area contributed by atoms with Crippen molar-refractivity contribution in [2.75, 3.05) is 13.1 Å². The Balaban J connectivity index is 0.00000180. The molecule has 5 nitrogen and oxygen atoms in total. The molecule has 108 valence electrons. The zero-order valence-corrected chi connectivity index (χ0v) is 13.9. The van der Waals surface area contributed by atoms with E-state index >= 15 is 0 Å². The Morgan fingerprint density at radius 3 is 2.74 bits per heavy atom. The van der Waals surface area contributed by atoms with Gasteiger partial charge in [-0.3, -0.25) is 4.99 Å². The van der Waals surface area contributed by atoms with Crippen LogP contribution < -0.4 is 11.1 Å². The van der Waals surface area contributed by atoms with E-state index in [1.54, 1.807) is 0 Å². The Kier molecular flexibility index (Phi) is 6.60. The van der Waals surface area contributed by atoms with Crippen LogP contribution in [0.5, 0.6) is 0 Å². The van der Waals surface area contributed by atoms with Gasteiger partial charge in [0.25, 0.3) is 0 Å². The highest BCUT2D eigenvalue weighted by Crippen LogP contribution is 2.26. The van der Waals surface area contributed by atoms with Crippen molar-refractivity contribution in [3.05, 3.63) is 17.0 Å². The van der Waals surface area contributed by atoms with Gasteiger partial charge in [0.1, 0.15) is 5.76 Å². The molecular formula is C13H23IN4O. The second-order valence-corrected chi connectivity index (χ2v) is 5.00. The highest BCUT2D eigenvalue weighted by atomic mass is 127. The summed E-state index contributed by atoms with van der Waals surface area (Å²) in [5.74, 6) is 2.20. The van der Waals surface area contributed by atoms with E-state index < -0.39 is 0 Å². The molecule has 1 aliphatic carbocycles. The van der Waals surface area contributed by atoms with Crippen molar-refractivity contribution in [3.63, 3.8) is 0 Å². The van der Waals surface area contributed by atoms with E-state index in [0.29, 0.717) is 5.96 Å². The van der Waals surface area contributed by atoms with Gasteiger partial charge in [-0.2, -0.15) is 0 Å². The van der Waals surface area contributed by atoms with Crippen molar-refractivity contribution in [2.24, 2.45) is 16.6 Å². The zero-order chi connectivity index (χ0) is 13.0. The maximum atomic E-state index is 5.82. The Labute approximate surface area is 131 Å². The lowest BCUT2D eigenvalue weighted by molar-refractivity contribution is 0.326. The molecule has 0 aliphatic heterocycles. The molecule has 2 rings (SSSR count). The molecule has 0 amide bonds. The fraction of sp³-hybridized carbons (Fsp3) is 0.692. The third kappa shape index (κ3) is 4.67. The number of nitrogens with one attached hydrogen (secondary N) is 1. The largest absolute Gasteiger partial charge is 0.370 e. The van der Waals surface area contributed by atoms with Crippen LogP contribution in [-0.2, 0) is 6.42 Å². The fourth-order valence-corrected chi connectivity index (χ4v) is 2.13. The van der Waals surface area contributed by atoms with Crippen LogP contribution >= 0.6 is 24.0 Å². The normalized spacial score (nSPS) is 15.8. The van der Waals surface area contributed by atoms with E-state index in [2.05, 4.69) is 15.5 Å². The topological polar surface area (TPSA) is 76.4 Å². The monoisotopic (exact) mass is 378 g/mol. The van der Waals surface area contributed by atoms with Gasteiger partial charge >= 0.3 is 0 Å². The predicted molar refractivity (Wildman–Crippen MR) is 86.9 cm³/mol. The summed E-state index contributed by atoms with van der Waals surface area (Å²) in [7, 11) is 0. The average Bonchev–Trinajstić information content (AvgIpc) is 2.58. The smallest absolute Gasteiger partial charge is 0.188 e. The number of aliphatic imine (C=N–C) groups is 1. The molecule has 0 radical (unpaired) electrons. The maximum absolute atomic E-state index is 5.82. The number of halogens is 1. The molecule has 0 atom stereocenters. The molecule has 0 spiro atoms. The van der Waals surface area contributed by atoms with Crippen LogP contribution in [0.2, 0.25) is 0 Å². The summed E-state index contributed by atoms with van der Waals surface area (Å²) in [6, 6.07) is 0. The summed E-state index contributed by atoms with van der Waals surface area (Å²) in [5.41, 5.74) is 7.94. The first-order chi connectivity index (χ1) is 8.66. The minimum atomic E-state index is 0. The van der Waals surface area contributed by atoms with E-state index in [0.717, 1.165) is 42.4 Å². The fourth-order valence-electron chi connectivity index (χ4n) is 2.13. The first-order valence-corrected chi connectivity index (χ1v) is 6.62. The number of hydrogen-bond donors (Lipinski definition) is 2. The Bertz CT molecular complexity index is 407. The molecular weight excluding hydrogens is 355 g/mol. The van der Waals surface area contributed by atoms with Gasteiger partial charge in [-0.25, -0.2) is 0 Å². The van der Waals surface area contributed by atoms with Crippen LogP contribution in [0.4, 0.5) is 0 Å². The van der Waals surface area contributed by atoms with Gasteiger partial charge < -0.3 is 15.6 Å². The molecule has 0 bridgehead atoms. The first-order valence-electron chi connectivity index (χ1n) is 6.62. The van der Waals surface area contributed by atoms with Crippen molar-refractivity contribution in [3.8, 4) is 0 Å². The van der Waals surface area contributed by atoms with Crippen molar-refractivity contribution in [1.29, 1.82) is 0 Å². The van der Waals surface area contributed by atoms with Crippen molar-refractivity contribution >= 4 is 29.9 Å². The van der Waals surface area contributed by atoms with Crippen molar-refractivity contribution < 1.29 is 4.52 Å². The van der Waals surface area contributed by atoms with Gasteiger partial charge in [0.15, 0.2) is 5.96 Å². The number of nitrogens with two attached hydrogens (primary N) is 1. The second kappa shape index (κ2) is 7.72. The van der Waals surface area contributed by atoms with Gasteiger partial charge in [0, 0.05) is 18.7 Å². The summed E-state index contributed by atoms with van der Waals surface area (Å²) < 4.78 is 5.11. The number of rotatable bonds is 5. The van der Waals surface area contributed by atoms with Gasteiger partial charge in [0.05, 0.1) is 5.69 Å². The number of aryl methyl sites for hydroxylation is 2. The van der Waals surface area contributed by atoms with E-state index in [1.165, 1.54) is 19.3 Å². The van der Waals surface area contributed by atoms with Gasteiger partial charge in [-0.05, 0) is 39.0 Å². The number of hydrogen-bond acceptors (Lipinski definition) is 3. The highest BCUT2D eigenvalue weighted by Gasteiger charge is 2.16. The van der Waals surface area contributed by atoms with Crippen LogP contribution in [0.1, 0.15) is 36.3 Å². The molecule has 0 unspecified atom stereocenters. The van der Waals surface area contributed by atoms with Crippen molar-refractivity contribution in [2.45, 2.75) is 39.5 Å². The highest BCUT2D eigenvalue weighted by molar-refractivity contribution is 14.0. The van der Waals surface area contributed by atoms with E-state index in [9.17, 15) is 0 Å². The molecule has 3 N–H and O–H groups in total. The molecule has 0 aromatic carbocycles. The number of guanidine groups is 1. The first kappa shape index (κ1) is 16.3. The lowest BCUT2D eigenvalue weighted by Crippen LogP contribution is -2.34. The molecule has 1 heterocycles. The summed E-state index contributed by atoms with van der Waals surface area (Å²) in [6.07, 6.45) is 4.81. The van der Waals surface area contributed by atoms with Crippen molar-refractivity contribution in [1.82, 2.24) is 10.5 Å². The summed E-state index contributed by atoms with van der Waals surface area (Å²) in [5, 5.41) is 7.07. The zero-order valence-electron chi connectivity index (χ0n) is 11.6. The predicted octanol–water partition coefficient (Wildman–Crippen LogP) is 2.16. The van der Waals surface area contributed by atoms with E-state index in [-0.39, 0.29) is 24.0 Å².